The molecule has 0 spiro atoms. The van der Waals surface area contributed by atoms with Crippen molar-refractivity contribution in [3.05, 3.63) is 16.4 Å². The minimum Gasteiger partial charge on any atom is -0.354 e. The summed E-state index contributed by atoms with van der Waals surface area (Å²) >= 11 is 5.99. The van der Waals surface area contributed by atoms with Gasteiger partial charge in [-0.1, -0.05) is 25.4 Å². The van der Waals surface area contributed by atoms with Crippen LogP contribution >= 0.6 is 11.6 Å². The van der Waals surface area contributed by atoms with Gasteiger partial charge in [0.25, 0.3) is 0 Å². The molecule has 0 radical (unpaired) electrons. The SMILES string of the molecule is Cc1nn(CC(=O)NCC(C)C)c(C)c1Cl. The fourth-order valence-corrected chi connectivity index (χ4v) is 1.47. The molecule has 0 fully saturated rings. The smallest absolute Gasteiger partial charge is 0.241 e. The number of rotatable bonds is 4. The third-order valence-corrected chi connectivity index (χ3v) is 2.84. The van der Waals surface area contributed by atoms with Gasteiger partial charge in [0.15, 0.2) is 0 Å². The van der Waals surface area contributed by atoms with Crippen LogP contribution in [0.2, 0.25) is 5.02 Å². The predicted molar refractivity (Wildman–Crippen MR) is 64.6 cm³/mol. The quantitative estimate of drug-likeness (QED) is 0.879. The van der Waals surface area contributed by atoms with Gasteiger partial charge in [-0.2, -0.15) is 5.10 Å². The molecule has 1 rings (SSSR count). The van der Waals surface area contributed by atoms with E-state index in [1.807, 2.05) is 13.8 Å². The standard InChI is InChI=1S/C11H18ClN3O/c1-7(2)5-13-10(16)6-15-9(4)11(12)8(3)14-15/h7H,5-6H2,1-4H3,(H,13,16). The Hall–Kier alpha value is -1.03. The molecule has 0 saturated heterocycles. The van der Waals surface area contributed by atoms with Crippen LogP contribution in [0.15, 0.2) is 0 Å². The van der Waals surface area contributed by atoms with Crippen molar-refractivity contribution in [2.75, 3.05) is 6.54 Å². The van der Waals surface area contributed by atoms with Crippen molar-refractivity contribution in [3.8, 4) is 0 Å². The maximum absolute atomic E-state index is 11.6. The fourth-order valence-electron chi connectivity index (χ4n) is 1.34. The first-order valence-electron chi connectivity index (χ1n) is 5.38. The van der Waals surface area contributed by atoms with Gasteiger partial charge in [-0.15, -0.1) is 0 Å². The fraction of sp³-hybridized carbons (Fsp3) is 0.636. The van der Waals surface area contributed by atoms with Crippen LogP contribution < -0.4 is 5.32 Å². The average molecular weight is 244 g/mol. The molecule has 4 nitrogen and oxygen atoms in total. The normalized spacial score (nSPS) is 10.9. The molecule has 1 aromatic heterocycles. The summed E-state index contributed by atoms with van der Waals surface area (Å²) in [6.07, 6.45) is 0. The largest absolute Gasteiger partial charge is 0.354 e. The van der Waals surface area contributed by atoms with Crippen LogP contribution in [0.3, 0.4) is 0 Å². The topological polar surface area (TPSA) is 46.9 Å². The van der Waals surface area contributed by atoms with Gasteiger partial charge in [0.2, 0.25) is 5.91 Å². The molecule has 1 heterocycles. The Morgan fingerprint density at radius 3 is 2.56 bits per heavy atom. The summed E-state index contributed by atoms with van der Waals surface area (Å²) < 4.78 is 1.63. The first-order valence-corrected chi connectivity index (χ1v) is 5.75. The van der Waals surface area contributed by atoms with Crippen molar-refractivity contribution >= 4 is 17.5 Å². The lowest BCUT2D eigenvalue weighted by Crippen LogP contribution is -2.31. The van der Waals surface area contributed by atoms with E-state index >= 15 is 0 Å². The minimum atomic E-state index is -0.0315. The lowest BCUT2D eigenvalue weighted by Gasteiger charge is -2.08. The predicted octanol–water partition coefficient (Wildman–Crippen LogP) is 1.93. The molecule has 0 aliphatic carbocycles. The Morgan fingerprint density at radius 2 is 2.12 bits per heavy atom. The number of hydrogen-bond donors (Lipinski definition) is 1. The number of carbonyl (C=O) groups is 1. The second kappa shape index (κ2) is 5.34. The summed E-state index contributed by atoms with van der Waals surface area (Å²) in [6, 6.07) is 0. The zero-order chi connectivity index (χ0) is 12.3. The molecule has 90 valence electrons. The molecule has 0 aliphatic heterocycles. The summed E-state index contributed by atoms with van der Waals surface area (Å²) in [6.45, 7) is 8.72. The van der Waals surface area contributed by atoms with Crippen LogP contribution in [-0.2, 0) is 11.3 Å². The van der Waals surface area contributed by atoms with Crippen molar-refractivity contribution in [3.63, 3.8) is 0 Å². The maximum atomic E-state index is 11.6. The first kappa shape index (κ1) is 13.0. The molecule has 0 aromatic carbocycles. The number of hydrogen-bond acceptors (Lipinski definition) is 2. The van der Waals surface area contributed by atoms with Crippen molar-refractivity contribution < 1.29 is 4.79 Å². The minimum absolute atomic E-state index is 0.0315. The van der Waals surface area contributed by atoms with Crippen molar-refractivity contribution in [1.29, 1.82) is 0 Å². The Morgan fingerprint density at radius 1 is 1.50 bits per heavy atom. The van der Waals surface area contributed by atoms with Crippen LogP contribution in [0.1, 0.15) is 25.2 Å². The summed E-state index contributed by atoms with van der Waals surface area (Å²) in [5.41, 5.74) is 1.59. The zero-order valence-corrected chi connectivity index (χ0v) is 10.9. The van der Waals surface area contributed by atoms with Crippen LogP contribution in [0, 0.1) is 19.8 Å². The van der Waals surface area contributed by atoms with E-state index in [9.17, 15) is 4.79 Å². The lowest BCUT2D eigenvalue weighted by atomic mass is 10.2. The van der Waals surface area contributed by atoms with Gasteiger partial charge in [0.05, 0.1) is 16.4 Å². The highest BCUT2D eigenvalue weighted by molar-refractivity contribution is 6.31. The second-order valence-corrected chi connectivity index (χ2v) is 4.72. The number of nitrogens with zero attached hydrogens (tertiary/aromatic N) is 2. The highest BCUT2D eigenvalue weighted by Gasteiger charge is 2.11. The van der Waals surface area contributed by atoms with Crippen molar-refractivity contribution in [2.45, 2.75) is 34.2 Å². The van der Waals surface area contributed by atoms with E-state index in [2.05, 4.69) is 24.3 Å². The third kappa shape index (κ3) is 3.23. The van der Waals surface area contributed by atoms with Crippen LogP contribution in [-0.4, -0.2) is 22.2 Å². The molecule has 0 bridgehead atoms. The van der Waals surface area contributed by atoms with Gasteiger partial charge in [0.1, 0.15) is 6.54 Å². The summed E-state index contributed by atoms with van der Waals surface area (Å²) in [7, 11) is 0. The van der Waals surface area contributed by atoms with Gasteiger partial charge >= 0.3 is 0 Å². The summed E-state index contributed by atoms with van der Waals surface area (Å²) in [4.78, 5) is 11.6. The van der Waals surface area contributed by atoms with Crippen molar-refractivity contribution in [2.24, 2.45) is 5.92 Å². The van der Waals surface area contributed by atoms with E-state index in [1.165, 1.54) is 0 Å². The molecule has 1 amide bonds. The molecule has 0 saturated carbocycles. The molecular weight excluding hydrogens is 226 g/mol. The number of aryl methyl sites for hydroxylation is 1. The van der Waals surface area contributed by atoms with E-state index in [1.54, 1.807) is 4.68 Å². The van der Waals surface area contributed by atoms with Crippen LogP contribution in [0.25, 0.3) is 0 Å². The molecule has 1 aromatic rings. The number of halogens is 1. The zero-order valence-electron chi connectivity index (χ0n) is 10.2. The molecule has 0 atom stereocenters. The van der Waals surface area contributed by atoms with Gasteiger partial charge in [-0.3, -0.25) is 9.48 Å². The summed E-state index contributed by atoms with van der Waals surface area (Å²) in [5.74, 6) is 0.420. The van der Waals surface area contributed by atoms with Crippen molar-refractivity contribution in [1.82, 2.24) is 15.1 Å². The van der Waals surface area contributed by atoms with Crippen LogP contribution in [0.4, 0.5) is 0 Å². The number of amides is 1. The monoisotopic (exact) mass is 243 g/mol. The number of carbonyl (C=O) groups excluding carboxylic acids is 1. The number of nitrogens with one attached hydrogen (secondary N) is 1. The molecule has 5 heteroatoms. The summed E-state index contributed by atoms with van der Waals surface area (Å²) in [5, 5.41) is 7.68. The maximum Gasteiger partial charge on any atom is 0.241 e. The molecule has 0 aliphatic rings. The molecular formula is C11H18ClN3O. The first-order chi connectivity index (χ1) is 7.41. The highest BCUT2D eigenvalue weighted by Crippen LogP contribution is 2.18. The van der Waals surface area contributed by atoms with E-state index in [0.29, 0.717) is 17.5 Å². The van der Waals surface area contributed by atoms with Gasteiger partial charge in [-0.25, -0.2) is 0 Å². The van der Waals surface area contributed by atoms with E-state index in [0.717, 1.165) is 11.4 Å². The van der Waals surface area contributed by atoms with E-state index < -0.39 is 0 Å². The van der Waals surface area contributed by atoms with Crippen LogP contribution in [0.5, 0.6) is 0 Å². The van der Waals surface area contributed by atoms with Gasteiger partial charge < -0.3 is 5.32 Å². The average Bonchev–Trinajstić information content (AvgIpc) is 2.43. The van der Waals surface area contributed by atoms with E-state index in [-0.39, 0.29) is 12.5 Å². The Kier molecular flexibility index (Phi) is 4.35. The molecule has 0 unspecified atom stereocenters. The second-order valence-electron chi connectivity index (χ2n) is 4.34. The number of aromatic nitrogens is 2. The Balaban J connectivity index is 2.60. The van der Waals surface area contributed by atoms with E-state index in [4.69, 9.17) is 11.6 Å². The third-order valence-electron chi connectivity index (χ3n) is 2.29. The molecule has 1 N–H and O–H groups in total. The Bertz CT molecular complexity index is 385. The molecule has 16 heavy (non-hydrogen) atoms. The Labute approximate surface area is 101 Å². The highest BCUT2D eigenvalue weighted by atomic mass is 35.5. The lowest BCUT2D eigenvalue weighted by molar-refractivity contribution is -0.122. The van der Waals surface area contributed by atoms with Gasteiger partial charge in [-0.05, 0) is 19.8 Å². The van der Waals surface area contributed by atoms with Gasteiger partial charge in [0, 0.05) is 6.54 Å².